The fourth-order valence-electron chi connectivity index (χ4n) is 2.34. The highest BCUT2D eigenvalue weighted by Gasteiger charge is 2.15. The van der Waals surface area contributed by atoms with Crippen molar-refractivity contribution in [3.8, 4) is 0 Å². The summed E-state index contributed by atoms with van der Waals surface area (Å²) in [7, 11) is 0. The minimum atomic E-state index is -0.135. The van der Waals surface area contributed by atoms with Gasteiger partial charge in [0.25, 0.3) is 0 Å². The Kier molecular flexibility index (Phi) is 3.91. The number of hydrogen-bond donors (Lipinski definition) is 1. The van der Waals surface area contributed by atoms with Crippen molar-refractivity contribution in [3.05, 3.63) is 42.2 Å². The molecule has 0 saturated carbocycles. The first-order valence-electron chi connectivity index (χ1n) is 7.35. The zero-order valence-electron chi connectivity index (χ0n) is 12.6. The van der Waals surface area contributed by atoms with Gasteiger partial charge in [-0.2, -0.15) is 5.10 Å². The zero-order valence-corrected chi connectivity index (χ0v) is 12.6. The molecule has 3 rings (SSSR count). The van der Waals surface area contributed by atoms with Crippen LogP contribution in [0.3, 0.4) is 0 Å². The van der Waals surface area contributed by atoms with E-state index in [0.717, 1.165) is 11.8 Å². The molecule has 3 aromatic rings. The molecule has 6 nitrogen and oxygen atoms in total. The van der Waals surface area contributed by atoms with E-state index in [9.17, 15) is 4.79 Å². The Bertz CT molecular complexity index is 790. The number of nitrogens with one attached hydrogen (secondary N) is 1. The highest BCUT2D eigenvalue weighted by molar-refractivity contribution is 5.94. The van der Waals surface area contributed by atoms with E-state index in [0.29, 0.717) is 17.1 Å². The molecule has 1 aromatic carbocycles. The third-order valence-electron chi connectivity index (χ3n) is 3.73. The summed E-state index contributed by atoms with van der Waals surface area (Å²) in [6.07, 6.45) is 2.80. The molecule has 0 spiro atoms. The van der Waals surface area contributed by atoms with E-state index in [4.69, 9.17) is 4.52 Å². The van der Waals surface area contributed by atoms with E-state index in [1.807, 2.05) is 28.9 Å². The smallest absolute Gasteiger partial charge is 0.231 e. The van der Waals surface area contributed by atoms with E-state index in [1.54, 1.807) is 12.3 Å². The molecule has 1 atom stereocenters. The Balaban J connectivity index is 1.74. The summed E-state index contributed by atoms with van der Waals surface area (Å²) in [5.74, 6) is 0.566. The molecule has 0 aliphatic rings. The van der Waals surface area contributed by atoms with Gasteiger partial charge in [-0.15, -0.1) is 0 Å². The number of para-hydroxylation sites is 1. The van der Waals surface area contributed by atoms with E-state index < -0.39 is 0 Å². The van der Waals surface area contributed by atoms with Crippen molar-refractivity contribution >= 4 is 22.7 Å². The minimum absolute atomic E-state index is 0.135. The molecular formula is C16H18N4O2. The fourth-order valence-corrected chi connectivity index (χ4v) is 2.34. The van der Waals surface area contributed by atoms with Crippen LogP contribution in [0.15, 0.2) is 41.1 Å². The molecule has 0 saturated heterocycles. The monoisotopic (exact) mass is 298 g/mol. The first kappa shape index (κ1) is 14.3. The van der Waals surface area contributed by atoms with Gasteiger partial charge in [-0.1, -0.05) is 24.2 Å². The average molecular weight is 298 g/mol. The molecule has 6 heteroatoms. The van der Waals surface area contributed by atoms with E-state index >= 15 is 0 Å². The number of nitrogens with zero attached hydrogens (tertiary/aromatic N) is 3. The van der Waals surface area contributed by atoms with Crippen molar-refractivity contribution < 1.29 is 9.32 Å². The topological polar surface area (TPSA) is 73.0 Å². The predicted molar refractivity (Wildman–Crippen MR) is 83.6 cm³/mol. The number of rotatable bonds is 5. The second kappa shape index (κ2) is 6.01. The van der Waals surface area contributed by atoms with Crippen LogP contribution < -0.4 is 5.32 Å². The molecule has 0 aliphatic carbocycles. The summed E-state index contributed by atoms with van der Waals surface area (Å²) < 4.78 is 7.04. The summed E-state index contributed by atoms with van der Waals surface area (Å²) in [6.45, 7) is 4.15. The second-order valence-electron chi connectivity index (χ2n) is 5.27. The number of carbonyl (C=O) groups excluding carboxylic acids is 1. The normalized spacial score (nSPS) is 12.5. The maximum Gasteiger partial charge on any atom is 0.231 e. The summed E-state index contributed by atoms with van der Waals surface area (Å²) in [4.78, 5) is 12.3. The Morgan fingerprint density at radius 1 is 1.36 bits per heavy atom. The van der Waals surface area contributed by atoms with Gasteiger partial charge in [0.1, 0.15) is 11.5 Å². The van der Waals surface area contributed by atoms with Crippen molar-refractivity contribution in [2.45, 2.75) is 32.7 Å². The van der Waals surface area contributed by atoms with Gasteiger partial charge in [-0.3, -0.25) is 4.79 Å². The lowest BCUT2D eigenvalue weighted by atomic mass is 10.1. The molecule has 22 heavy (non-hydrogen) atoms. The van der Waals surface area contributed by atoms with Crippen LogP contribution in [0.5, 0.6) is 0 Å². The molecule has 1 N–H and O–H groups in total. The summed E-state index contributed by atoms with van der Waals surface area (Å²) in [6, 6.07) is 9.55. The summed E-state index contributed by atoms with van der Waals surface area (Å²) in [5.41, 5.74) is 1.33. The maximum atomic E-state index is 12.3. The standard InChI is InChI=1S/C16H18N4O2/c1-3-11(2)20-15(8-9-17-20)18-16(21)10-13-12-6-4-5-7-14(12)22-19-13/h4-9,11H,3,10H2,1-2H3,(H,18,21). The molecule has 0 bridgehead atoms. The molecule has 0 aliphatic heterocycles. The van der Waals surface area contributed by atoms with Gasteiger partial charge in [-0.25, -0.2) is 4.68 Å². The average Bonchev–Trinajstić information content (AvgIpc) is 3.14. The van der Waals surface area contributed by atoms with E-state index in [2.05, 4.69) is 29.4 Å². The van der Waals surface area contributed by atoms with E-state index in [-0.39, 0.29) is 18.4 Å². The van der Waals surface area contributed by atoms with Gasteiger partial charge in [0, 0.05) is 11.5 Å². The molecule has 0 radical (unpaired) electrons. The van der Waals surface area contributed by atoms with Crippen LogP contribution in [0.25, 0.3) is 11.0 Å². The van der Waals surface area contributed by atoms with Crippen LogP contribution in [0.2, 0.25) is 0 Å². The Morgan fingerprint density at radius 2 is 2.18 bits per heavy atom. The van der Waals surface area contributed by atoms with Crippen LogP contribution in [0.1, 0.15) is 32.0 Å². The van der Waals surface area contributed by atoms with Crippen molar-refractivity contribution in [3.63, 3.8) is 0 Å². The highest BCUT2D eigenvalue weighted by Crippen LogP contribution is 2.20. The molecular weight excluding hydrogens is 280 g/mol. The largest absolute Gasteiger partial charge is 0.356 e. The number of carbonyl (C=O) groups is 1. The lowest BCUT2D eigenvalue weighted by Crippen LogP contribution is -2.19. The number of hydrogen-bond acceptors (Lipinski definition) is 4. The fraction of sp³-hybridized carbons (Fsp3) is 0.312. The molecule has 2 heterocycles. The van der Waals surface area contributed by atoms with Crippen LogP contribution in [0, 0.1) is 0 Å². The van der Waals surface area contributed by atoms with Gasteiger partial charge < -0.3 is 9.84 Å². The Labute approximate surface area is 128 Å². The number of aromatic nitrogens is 3. The Hall–Kier alpha value is -2.63. The Morgan fingerprint density at radius 3 is 3.00 bits per heavy atom. The van der Waals surface area contributed by atoms with Crippen molar-refractivity contribution in [1.82, 2.24) is 14.9 Å². The van der Waals surface area contributed by atoms with Crippen LogP contribution in [0.4, 0.5) is 5.82 Å². The number of anilines is 1. The number of amides is 1. The molecule has 1 amide bonds. The third-order valence-corrected chi connectivity index (χ3v) is 3.73. The van der Waals surface area contributed by atoms with Gasteiger partial charge >= 0.3 is 0 Å². The zero-order chi connectivity index (χ0) is 15.5. The first-order chi connectivity index (χ1) is 10.7. The van der Waals surface area contributed by atoms with Crippen LogP contribution in [-0.4, -0.2) is 20.8 Å². The minimum Gasteiger partial charge on any atom is -0.356 e. The third kappa shape index (κ3) is 2.72. The first-order valence-corrected chi connectivity index (χ1v) is 7.35. The summed E-state index contributed by atoms with van der Waals surface area (Å²) >= 11 is 0. The van der Waals surface area contributed by atoms with Crippen LogP contribution >= 0.6 is 0 Å². The molecule has 114 valence electrons. The van der Waals surface area contributed by atoms with Crippen molar-refractivity contribution in [2.24, 2.45) is 0 Å². The van der Waals surface area contributed by atoms with Crippen molar-refractivity contribution in [2.75, 3.05) is 5.32 Å². The number of fused-ring (bicyclic) bond motifs is 1. The van der Waals surface area contributed by atoms with Gasteiger partial charge in [0.15, 0.2) is 5.58 Å². The highest BCUT2D eigenvalue weighted by atomic mass is 16.5. The lowest BCUT2D eigenvalue weighted by Gasteiger charge is -2.13. The predicted octanol–water partition coefficient (Wildman–Crippen LogP) is 3.18. The van der Waals surface area contributed by atoms with Gasteiger partial charge in [-0.05, 0) is 25.5 Å². The van der Waals surface area contributed by atoms with Crippen LogP contribution in [-0.2, 0) is 11.2 Å². The molecule has 1 unspecified atom stereocenters. The summed E-state index contributed by atoms with van der Waals surface area (Å²) in [5, 5.41) is 12.0. The van der Waals surface area contributed by atoms with Gasteiger partial charge in [0.2, 0.25) is 5.91 Å². The van der Waals surface area contributed by atoms with E-state index in [1.165, 1.54) is 0 Å². The maximum absolute atomic E-state index is 12.3. The lowest BCUT2D eigenvalue weighted by molar-refractivity contribution is -0.115. The SMILES string of the molecule is CCC(C)n1nccc1NC(=O)Cc1noc2ccccc12. The molecule has 2 aromatic heterocycles. The quantitative estimate of drug-likeness (QED) is 0.785. The van der Waals surface area contributed by atoms with Gasteiger partial charge in [0.05, 0.1) is 18.7 Å². The second-order valence-corrected chi connectivity index (χ2v) is 5.27. The molecule has 0 fully saturated rings. The van der Waals surface area contributed by atoms with Crippen molar-refractivity contribution in [1.29, 1.82) is 0 Å². The number of benzene rings is 1.